The molecular formula is C12H13NO4. The Morgan fingerprint density at radius 3 is 2.71 bits per heavy atom. The Hall–Kier alpha value is -2.17. The molecule has 0 aliphatic rings. The van der Waals surface area contributed by atoms with Crippen LogP contribution in [0.15, 0.2) is 18.2 Å². The van der Waals surface area contributed by atoms with Crippen LogP contribution >= 0.6 is 0 Å². The SMILES string of the molecule is CC(=O)OCC(=O)Nc1ccc(C)cc1C=O. The summed E-state index contributed by atoms with van der Waals surface area (Å²) in [5.74, 6) is -1.01. The molecule has 0 aliphatic heterocycles. The molecular weight excluding hydrogens is 222 g/mol. The molecule has 0 fully saturated rings. The number of carbonyl (C=O) groups is 3. The van der Waals surface area contributed by atoms with Gasteiger partial charge in [0, 0.05) is 12.5 Å². The molecule has 5 heteroatoms. The first-order valence-corrected chi connectivity index (χ1v) is 5.02. The zero-order valence-corrected chi connectivity index (χ0v) is 9.65. The van der Waals surface area contributed by atoms with Crippen LogP contribution in [-0.4, -0.2) is 24.8 Å². The van der Waals surface area contributed by atoms with Crippen molar-refractivity contribution in [1.82, 2.24) is 0 Å². The fourth-order valence-electron chi connectivity index (χ4n) is 1.25. The fourth-order valence-corrected chi connectivity index (χ4v) is 1.25. The maximum Gasteiger partial charge on any atom is 0.303 e. The summed E-state index contributed by atoms with van der Waals surface area (Å²) in [6.45, 7) is 2.70. The van der Waals surface area contributed by atoms with Gasteiger partial charge in [-0.25, -0.2) is 0 Å². The number of hydrogen-bond donors (Lipinski definition) is 1. The van der Waals surface area contributed by atoms with E-state index >= 15 is 0 Å². The van der Waals surface area contributed by atoms with Crippen molar-refractivity contribution in [2.45, 2.75) is 13.8 Å². The quantitative estimate of drug-likeness (QED) is 0.630. The molecule has 0 radical (unpaired) electrons. The standard InChI is InChI=1S/C12H13NO4/c1-8-3-4-11(10(5-8)6-14)13-12(16)7-17-9(2)15/h3-6H,7H2,1-2H3,(H,13,16). The third kappa shape index (κ3) is 4.06. The number of hydrogen-bond acceptors (Lipinski definition) is 4. The van der Waals surface area contributed by atoms with Gasteiger partial charge < -0.3 is 10.1 Å². The normalized spacial score (nSPS) is 9.53. The van der Waals surface area contributed by atoms with E-state index in [1.165, 1.54) is 6.92 Å². The smallest absolute Gasteiger partial charge is 0.303 e. The number of amides is 1. The van der Waals surface area contributed by atoms with E-state index in [0.717, 1.165) is 5.56 Å². The number of aldehydes is 1. The first kappa shape index (κ1) is 12.9. The second kappa shape index (κ2) is 5.79. The molecule has 0 spiro atoms. The van der Waals surface area contributed by atoms with Crippen LogP contribution in [0.1, 0.15) is 22.8 Å². The summed E-state index contributed by atoms with van der Waals surface area (Å²) < 4.78 is 4.53. The summed E-state index contributed by atoms with van der Waals surface area (Å²) in [6.07, 6.45) is 0.661. The van der Waals surface area contributed by atoms with E-state index in [1.54, 1.807) is 18.2 Å². The van der Waals surface area contributed by atoms with Crippen LogP contribution in [0.4, 0.5) is 5.69 Å². The molecule has 0 saturated heterocycles. The van der Waals surface area contributed by atoms with Gasteiger partial charge in [-0.3, -0.25) is 14.4 Å². The molecule has 1 amide bonds. The number of nitrogens with one attached hydrogen (secondary N) is 1. The number of esters is 1. The Morgan fingerprint density at radius 1 is 1.41 bits per heavy atom. The second-order valence-electron chi connectivity index (χ2n) is 3.54. The second-order valence-corrected chi connectivity index (χ2v) is 3.54. The highest BCUT2D eigenvalue weighted by atomic mass is 16.5. The number of benzene rings is 1. The van der Waals surface area contributed by atoms with Crippen molar-refractivity contribution in [1.29, 1.82) is 0 Å². The highest BCUT2D eigenvalue weighted by Gasteiger charge is 2.07. The van der Waals surface area contributed by atoms with Crippen molar-refractivity contribution in [2.75, 3.05) is 11.9 Å². The number of ether oxygens (including phenoxy) is 1. The molecule has 0 aromatic heterocycles. The predicted molar refractivity (Wildman–Crippen MR) is 61.8 cm³/mol. The Bertz CT molecular complexity index is 454. The maximum atomic E-state index is 11.4. The fraction of sp³-hybridized carbons (Fsp3) is 0.250. The third-order valence-corrected chi connectivity index (χ3v) is 2.01. The van der Waals surface area contributed by atoms with Crippen molar-refractivity contribution in [3.63, 3.8) is 0 Å². The van der Waals surface area contributed by atoms with Gasteiger partial charge in [0.1, 0.15) is 0 Å². The molecule has 5 nitrogen and oxygen atoms in total. The largest absolute Gasteiger partial charge is 0.456 e. The minimum Gasteiger partial charge on any atom is -0.456 e. The van der Waals surface area contributed by atoms with Gasteiger partial charge in [-0.2, -0.15) is 0 Å². The van der Waals surface area contributed by atoms with Crippen LogP contribution in [0.2, 0.25) is 0 Å². The Kier molecular flexibility index (Phi) is 4.39. The van der Waals surface area contributed by atoms with Crippen molar-refractivity contribution < 1.29 is 19.1 Å². The summed E-state index contributed by atoms with van der Waals surface area (Å²) in [5, 5.41) is 2.50. The summed E-state index contributed by atoms with van der Waals surface area (Å²) in [4.78, 5) is 32.7. The summed E-state index contributed by atoms with van der Waals surface area (Å²) >= 11 is 0. The Morgan fingerprint density at radius 2 is 2.12 bits per heavy atom. The molecule has 1 rings (SSSR count). The van der Waals surface area contributed by atoms with Crippen LogP contribution in [0.3, 0.4) is 0 Å². The Labute approximate surface area is 98.8 Å². The van der Waals surface area contributed by atoms with E-state index in [4.69, 9.17) is 0 Å². The number of anilines is 1. The van der Waals surface area contributed by atoms with Gasteiger partial charge in [-0.05, 0) is 19.1 Å². The molecule has 17 heavy (non-hydrogen) atoms. The molecule has 90 valence electrons. The summed E-state index contributed by atoms with van der Waals surface area (Å²) in [5.41, 5.74) is 1.72. The van der Waals surface area contributed by atoms with Crippen LogP contribution in [0.5, 0.6) is 0 Å². The van der Waals surface area contributed by atoms with Crippen LogP contribution in [0, 0.1) is 6.92 Å². The van der Waals surface area contributed by atoms with E-state index in [0.29, 0.717) is 17.5 Å². The van der Waals surface area contributed by atoms with E-state index in [1.807, 2.05) is 6.92 Å². The van der Waals surface area contributed by atoms with Crippen molar-refractivity contribution in [2.24, 2.45) is 0 Å². The maximum absolute atomic E-state index is 11.4. The van der Waals surface area contributed by atoms with Crippen molar-refractivity contribution >= 4 is 23.9 Å². The predicted octanol–water partition coefficient (Wildman–Crippen LogP) is 1.31. The van der Waals surface area contributed by atoms with Gasteiger partial charge in [-0.15, -0.1) is 0 Å². The van der Waals surface area contributed by atoms with E-state index in [9.17, 15) is 14.4 Å². The molecule has 1 N–H and O–H groups in total. The number of rotatable bonds is 4. The van der Waals surface area contributed by atoms with Crippen LogP contribution in [-0.2, 0) is 14.3 Å². The third-order valence-electron chi connectivity index (χ3n) is 2.01. The van der Waals surface area contributed by atoms with Crippen LogP contribution in [0.25, 0.3) is 0 Å². The van der Waals surface area contributed by atoms with Crippen molar-refractivity contribution in [3.05, 3.63) is 29.3 Å². The highest BCUT2D eigenvalue weighted by Crippen LogP contribution is 2.15. The summed E-state index contributed by atoms with van der Waals surface area (Å²) in [6, 6.07) is 5.06. The molecule has 0 aliphatic carbocycles. The first-order chi connectivity index (χ1) is 8.02. The average molecular weight is 235 g/mol. The first-order valence-electron chi connectivity index (χ1n) is 5.02. The molecule has 1 aromatic carbocycles. The highest BCUT2D eigenvalue weighted by molar-refractivity contribution is 5.97. The average Bonchev–Trinajstić information content (AvgIpc) is 2.28. The zero-order chi connectivity index (χ0) is 12.8. The molecule has 0 heterocycles. The monoisotopic (exact) mass is 235 g/mol. The van der Waals surface area contributed by atoms with Gasteiger partial charge in [0.05, 0.1) is 5.69 Å². The van der Waals surface area contributed by atoms with E-state index in [2.05, 4.69) is 10.1 Å². The molecule has 0 bridgehead atoms. The summed E-state index contributed by atoms with van der Waals surface area (Å²) in [7, 11) is 0. The van der Waals surface area contributed by atoms with Gasteiger partial charge in [0.25, 0.3) is 5.91 Å². The lowest BCUT2D eigenvalue weighted by Crippen LogP contribution is -2.20. The lowest BCUT2D eigenvalue weighted by molar-refractivity contribution is -0.144. The molecule has 1 aromatic rings. The number of aryl methyl sites for hydroxylation is 1. The molecule has 0 saturated carbocycles. The minimum absolute atomic E-state index is 0.360. The van der Waals surface area contributed by atoms with Gasteiger partial charge in [0.15, 0.2) is 12.9 Å². The molecule has 0 atom stereocenters. The zero-order valence-electron chi connectivity index (χ0n) is 9.65. The molecule has 0 unspecified atom stereocenters. The van der Waals surface area contributed by atoms with Gasteiger partial charge in [-0.1, -0.05) is 11.6 Å². The topological polar surface area (TPSA) is 72.5 Å². The lowest BCUT2D eigenvalue weighted by atomic mass is 10.1. The van der Waals surface area contributed by atoms with E-state index < -0.39 is 11.9 Å². The minimum atomic E-state index is -0.528. The van der Waals surface area contributed by atoms with E-state index in [-0.39, 0.29) is 6.61 Å². The number of carbonyl (C=O) groups excluding carboxylic acids is 3. The Balaban J connectivity index is 2.71. The van der Waals surface area contributed by atoms with Crippen LogP contribution < -0.4 is 5.32 Å². The van der Waals surface area contributed by atoms with Crippen molar-refractivity contribution in [3.8, 4) is 0 Å². The lowest BCUT2D eigenvalue weighted by Gasteiger charge is -2.08. The van der Waals surface area contributed by atoms with Gasteiger partial charge >= 0.3 is 5.97 Å². The van der Waals surface area contributed by atoms with Gasteiger partial charge in [0.2, 0.25) is 0 Å².